The molecule has 0 fully saturated rings. The van der Waals surface area contributed by atoms with E-state index in [2.05, 4.69) is 206 Å². The Kier molecular flexibility index (Phi) is 6.79. The zero-order chi connectivity index (χ0) is 38.6. The molecule has 0 aliphatic rings. The maximum absolute atomic E-state index is 7.00. The highest BCUT2D eigenvalue weighted by atomic mass is 16.3. The zero-order valence-corrected chi connectivity index (χ0v) is 32.0. The van der Waals surface area contributed by atoms with Crippen LogP contribution in [0.5, 0.6) is 0 Å². The summed E-state index contributed by atoms with van der Waals surface area (Å²) in [5.74, 6) is 0. The third-order valence-electron chi connectivity index (χ3n) is 12.8. The molecule has 272 valence electrons. The molecule has 59 heavy (non-hydrogen) atoms. The molecule has 0 saturated heterocycles. The Morgan fingerprint density at radius 3 is 1.51 bits per heavy atom. The summed E-state index contributed by atoms with van der Waals surface area (Å²) in [6.07, 6.45) is 0. The molecule has 1 heterocycles. The van der Waals surface area contributed by atoms with E-state index in [0.717, 1.165) is 33.1 Å². The fourth-order valence-corrected chi connectivity index (χ4v) is 9.97. The van der Waals surface area contributed by atoms with Crippen molar-refractivity contribution in [3.05, 3.63) is 206 Å². The first kappa shape index (κ1) is 32.4. The average Bonchev–Trinajstić information content (AvgIpc) is 3.67. The van der Waals surface area contributed by atoms with Crippen molar-refractivity contribution in [1.82, 2.24) is 0 Å². The normalized spacial score (nSPS) is 12.1. The molecule has 0 atom stereocenters. The van der Waals surface area contributed by atoms with E-state index in [1.54, 1.807) is 0 Å². The largest absolute Gasteiger partial charge is 0.455 e. The van der Waals surface area contributed by atoms with Gasteiger partial charge in [0.05, 0.1) is 0 Å². The van der Waals surface area contributed by atoms with Crippen LogP contribution in [0.15, 0.2) is 211 Å². The van der Waals surface area contributed by atoms with Crippen LogP contribution in [0, 0.1) is 0 Å². The summed E-state index contributed by atoms with van der Waals surface area (Å²) in [6.45, 7) is 0. The number of rotatable bonds is 4. The molecule has 0 unspecified atom stereocenters. The molecule has 0 saturated carbocycles. The van der Waals surface area contributed by atoms with Crippen molar-refractivity contribution < 1.29 is 4.42 Å². The first-order valence-corrected chi connectivity index (χ1v) is 20.4. The van der Waals surface area contributed by atoms with E-state index in [-0.39, 0.29) is 0 Å². The smallest absolute Gasteiger partial charge is 0.143 e. The van der Waals surface area contributed by atoms with Crippen molar-refractivity contribution in [3.63, 3.8) is 0 Å². The minimum atomic E-state index is 0.900. The van der Waals surface area contributed by atoms with Gasteiger partial charge in [0.15, 0.2) is 0 Å². The van der Waals surface area contributed by atoms with Gasteiger partial charge in [-0.05, 0) is 128 Å². The van der Waals surface area contributed by atoms with Crippen LogP contribution in [-0.2, 0) is 0 Å². The second-order valence-corrected chi connectivity index (χ2v) is 16.0. The summed E-state index contributed by atoms with van der Waals surface area (Å²) < 4.78 is 7.00. The molecule has 0 bridgehead atoms. The number of fused-ring (bicyclic) bond motifs is 6. The highest BCUT2D eigenvalue weighted by Crippen LogP contribution is 2.47. The average molecular weight is 747 g/mol. The number of furan rings is 1. The fourth-order valence-electron chi connectivity index (χ4n) is 9.97. The molecule has 0 aliphatic heterocycles. The summed E-state index contributed by atoms with van der Waals surface area (Å²) in [4.78, 5) is 0. The summed E-state index contributed by atoms with van der Waals surface area (Å²) in [5, 5.41) is 17.3. The second-order valence-electron chi connectivity index (χ2n) is 16.0. The van der Waals surface area contributed by atoms with Gasteiger partial charge in [-0.2, -0.15) is 0 Å². The van der Waals surface area contributed by atoms with Gasteiger partial charge in [0.25, 0.3) is 0 Å². The van der Waals surface area contributed by atoms with Gasteiger partial charge < -0.3 is 4.42 Å². The lowest BCUT2D eigenvalue weighted by Gasteiger charge is -2.17. The van der Waals surface area contributed by atoms with Crippen LogP contribution in [0.1, 0.15) is 0 Å². The highest BCUT2D eigenvalue weighted by Gasteiger charge is 2.21. The van der Waals surface area contributed by atoms with Gasteiger partial charge >= 0.3 is 0 Å². The highest BCUT2D eigenvalue weighted by molar-refractivity contribution is 6.29. The predicted molar refractivity (Wildman–Crippen MR) is 252 cm³/mol. The lowest BCUT2D eigenvalue weighted by molar-refractivity contribution is 0.670. The third-order valence-corrected chi connectivity index (χ3v) is 12.8. The van der Waals surface area contributed by atoms with Gasteiger partial charge in [-0.3, -0.25) is 0 Å². The van der Waals surface area contributed by atoms with Crippen molar-refractivity contribution in [2.45, 2.75) is 0 Å². The van der Waals surface area contributed by atoms with Gasteiger partial charge in [0.2, 0.25) is 0 Å². The van der Waals surface area contributed by atoms with Crippen molar-refractivity contribution in [3.8, 4) is 44.5 Å². The molecular formula is C58H34O. The van der Waals surface area contributed by atoms with Crippen molar-refractivity contribution in [2.75, 3.05) is 0 Å². The van der Waals surface area contributed by atoms with Crippen LogP contribution in [0.25, 0.3) is 131 Å². The van der Waals surface area contributed by atoms with Crippen LogP contribution >= 0.6 is 0 Å². The van der Waals surface area contributed by atoms with Crippen molar-refractivity contribution in [1.29, 1.82) is 0 Å². The predicted octanol–water partition coefficient (Wildman–Crippen LogP) is 16.6. The molecule has 0 amide bonds. The SMILES string of the molecule is c1ccc2cc(-c3ccc4ccc5c(-c6ccc(-c7ccc(-c8cccc9ccccc89)cc7)c7oc8cc9ccccc9cc8c67)ccc6ccc3c4c65)ccc2c1. The number of benzene rings is 12. The molecular weight excluding hydrogens is 713 g/mol. The van der Waals surface area contributed by atoms with Crippen LogP contribution < -0.4 is 0 Å². The lowest BCUT2D eigenvalue weighted by atomic mass is 9.86. The number of hydrogen-bond acceptors (Lipinski definition) is 1. The minimum Gasteiger partial charge on any atom is -0.455 e. The van der Waals surface area contributed by atoms with Crippen LogP contribution in [-0.4, -0.2) is 0 Å². The monoisotopic (exact) mass is 746 g/mol. The number of hydrogen-bond donors (Lipinski definition) is 0. The van der Waals surface area contributed by atoms with Crippen molar-refractivity contribution in [2.24, 2.45) is 0 Å². The van der Waals surface area contributed by atoms with Crippen molar-refractivity contribution >= 4 is 86.6 Å². The van der Waals surface area contributed by atoms with Gasteiger partial charge in [-0.25, -0.2) is 0 Å². The zero-order valence-electron chi connectivity index (χ0n) is 32.0. The van der Waals surface area contributed by atoms with E-state index >= 15 is 0 Å². The van der Waals surface area contributed by atoms with E-state index in [9.17, 15) is 0 Å². The first-order chi connectivity index (χ1) is 29.2. The Bertz CT molecular complexity index is 3820. The molecule has 0 N–H and O–H groups in total. The Balaban J connectivity index is 1.03. The van der Waals surface area contributed by atoms with Gasteiger partial charge in [-0.1, -0.05) is 182 Å². The Hall–Kier alpha value is -7.74. The van der Waals surface area contributed by atoms with E-state index in [4.69, 9.17) is 4.42 Å². The minimum absolute atomic E-state index is 0.900. The molecule has 1 aromatic heterocycles. The maximum atomic E-state index is 7.00. The standard InChI is InChI=1S/C58H34O/c1-2-10-41-32-44(21-16-35(41)8-1)47-26-22-39-25-29-51-49(27-23-40-24-28-50(47)55(39)56(40)51)52-31-30-48(58-57(52)53-33-42-11-3-4-12-43(42)34-54(53)59-58)38-19-17-37(18-20-38)46-15-7-13-36-9-5-6-14-45(36)46/h1-34H. The quantitative estimate of drug-likeness (QED) is 0.164. The van der Waals surface area contributed by atoms with Crippen LogP contribution in [0.3, 0.4) is 0 Å². The molecule has 1 nitrogen and oxygen atoms in total. The topological polar surface area (TPSA) is 13.1 Å². The molecule has 1 heteroatoms. The lowest BCUT2D eigenvalue weighted by Crippen LogP contribution is -1.90. The van der Waals surface area contributed by atoms with E-state index in [1.807, 2.05) is 0 Å². The second kappa shape index (κ2) is 12.4. The molecule has 13 rings (SSSR count). The van der Waals surface area contributed by atoms with E-state index < -0.39 is 0 Å². The summed E-state index contributed by atoms with van der Waals surface area (Å²) in [6, 6.07) is 75.8. The molecule has 13 aromatic rings. The van der Waals surface area contributed by atoms with Gasteiger partial charge in [0, 0.05) is 16.3 Å². The summed E-state index contributed by atoms with van der Waals surface area (Å²) >= 11 is 0. The summed E-state index contributed by atoms with van der Waals surface area (Å²) in [5.41, 5.74) is 11.4. The first-order valence-electron chi connectivity index (χ1n) is 20.4. The Morgan fingerprint density at radius 2 is 0.746 bits per heavy atom. The fraction of sp³-hybridized carbons (Fsp3) is 0. The molecule has 12 aromatic carbocycles. The molecule has 0 spiro atoms. The maximum Gasteiger partial charge on any atom is 0.143 e. The molecule has 0 radical (unpaired) electrons. The van der Waals surface area contributed by atoms with E-state index in [0.29, 0.717) is 0 Å². The summed E-state index contributed by atoms with van der Waals surface area (Å²) in [7, 11) is 0. The molecule has 0 aliphatic carbocycles. The Morgan fingerprint density at radius 1 is 0.237 bits per heavy atom. The Labute approximate surface area is 340 Å². The van der Waals surface area contributed by atoms with Gasteiger partial charge in [-0.15, -0.1) is 0 Å². The van der Waals surface area contributed by atoms with E-state index in [1.165, 1.54) is 98.0 Å². The third kappa shape index (κ3) is 4.86. The van der Waals surface area contributed by atoms with Crippen LogP contribution in [0.4, 0.5) is 0 Å². The van der Waals surface area contributed by atoms with Gasteiger partial charge in [0.1, 0.15) is 11.2 Å². The van der Waals surface area contributed by atoms with Crippen LogP contribution in [0.2, 0.25) is 0 Å².